The molecule has 0 atom stereocenters. The molecular formula is C10H12BrClN2O. The van der Waals surface area contributed by atoms with Gasteiger partial charge in [-0.15, -0.1) is 0 Å². The van der Waals surface area contributed by atoms with E-state index >= 15 is 0 Å². The Bertz CT molecular complexity index is 342. The van der Waals surface area contributed by atoms with Crippen LogP contribution in [-0.2, 0) is 0 Å². The van der Waals surface area contributed by atoms with Gasteiger partial charge in [0.25, 0.3) is 0 Å². The zero-order chi connectivity index (χ0) is 10.7. The summed E-state index contributed by atoms with van der Waals surface area (Å²) in [5, 5.41) is 0.222. The van der Waals surface area contributed by atoms with Gasteiger partial charge in [0.15, 0.2) is 0 Å². The van der Waals surface area contributed by atoms with Gasteiger partial charge in [0, 0.05) is 6.20 Å². The van der Waals surface area contributed by atoms with Crippen molar-refractivity contribution in [2.75, 3.05) is 6.61 Å². The molecule has 1 aliphatic rings. The van der Waals surface area contributed by atoms with Crippen LogP contribution in [0.5, 0.6) is 5.88 Å². The minimum atomic E-state index is 0.222. The molecule has 82 valence electrons. The Morgan fingerprint density at radius 1 is 1.47 bits per heavy atom. The minimum Gasteiger partial charge on any atom is -0.476 e. The maximum absolute atomic E-state index is 5.69. The number of hydrogen-bond acceptors (Lipinski definition) is 3. The summed E-state index contributed by atoms with van der Waals surface area (Å²) in [5.74, 6) is 1.22. The molecule has 0 saturated heterocycles. The molecule has 0 aliphatic heterocycles. The number of halogens is 2. The van der Waals surface area contributed by atoms with Crippen molar-refractivity contribution < 1.29 is 4.74 Å². The van der Waals surface area contributed by atoms with Crippen molar-refractivity contribution in [3.8, 4) is 5.88 Å². The summed E-state index contributed by atoms with van der Waals surface area (Å²) >= 11 is 9.02. The van der Waals surface area contributed by atoms with Crippen molar-refractivity contribution in [3.05, 3.63) is 16.0 Å². The van der Waals surface area contributed by atoms with E-state index in [1.165, 1.54) is 25.7 Å². The fourth-order valence-electron chi connectivity index (χ4n) is 1.81. The van der Waals surface area contributed by atoms with Crippen LogP contribution in [0, 0.1) is 5.92 Å². The normalized spacial score (nSPS) is 16.9. The Kier molecular flexibility index (Phi) is 3.81. The van der Waals surface area contributed by atoms with Gasteiger partial charge in [-0.25, -0.2) is 4.98 Å². The zero-order valence-electron chi connectivity index (χ0n) is 8.25. The third-order valence-corrected chi connectivity index (χ3v) is 3.34. The lowest BCUT2D eigenvalue weighted by Gasteiger charge is -2.11. The van der Waals surface area contributed by atoms with E-state index in [-0.39, 0.29) is 5.28 Å². The molecule has 0 radical (unpaired) electrons. The van der Waals surface area contributed by atoms with E-state index in [4.69, 9.17) is 16.3 Å². The standard InChI is InChI=1S/C10H12BrClN2O/c11-8-5-13-10(12)14-9(8)15-6-7-3-1-2-4-7/h5,7H,1-4,6H2. The number of ether oxygens (including phenoxy) is 1. The van der Waals surface area contributed by atoms with Crippen molar-refractivity contribution >= 4 is 27.5 Å². The van der Waals surface area contributed by atoms with Gasteiger partial charge in [0.1, 0.15) is 0 Å². The molecule has 1 aromatic rings. The summed E-state index contributed by atoms with van der Waals surface area (Å²) in [6.45, 7) is 0.728. The Morgan fingerprint density at radius 2 is 2.20 bits per heavy atom. The minimum absolute atomic E-state index is 0.222. The van der Waals surface area contributed by atoms with Crippen LogP contribution >= 0.6 is 27.5 Å². The number of rotatable bonds is 3. The SMILES string of the molecule is Clc1ncc(Br)c(OCC2CCCC2)n1. The van der Waals surface area contributed by atoms with Gasteiger partial charge in [-0.2, -0.15) is 4.98 Å². The van der Waals surface area contributed by atoms with Crippen molar-refractivity contribution in [3.63, 3.8) is 0 Å². The molecule has 1 saturated carbocycles. The van der Waals surface area contributed by atoms with Crippen LogP contribution < -0.4 is 4.74 Å². The molecular weight excluding hydrogens is 279 g/mol. The van der Waals surface area contributed by atoms with Crippen molar-refractivity contribution in [2.24, 2.45) is 5.92 Å². The zero-order valence-corrected chi connectivity index (χ0v) is 10.6. The largest absolute Gasteiger partial charge is 0.476 e. The van der Waals surface area contributed by atoms with E-state index in [1.54, 1.807) is 6.20 Å². The number of hydrogen-bond donors (Lipinski definition) is 0. The highest BCUT2D eigenvalue weighted by molar-refractivity contribution is 9.10. The van der Waals surface area contributed by atoms with Gasteiger partial charge >= 0.3 is 0 Å². The van der Waals surface area contributed by atoms with E-state index in [1.807, 2.05) is 0 Å². The van der Waals surface area contributed by atoms with Crippen LogP contribution in [0.25, 0.3) is 0 Å². The number of nitrogens with zero attached hydrogens (tertiary/aromatic N) is 2. The Morgan fingerprint density at radius 3 is 2.93 bits per heavy atom. The lowest BCUT2D eigenvalue weighted by Crippen LogP contribution is -2.09. The summed E-state index contributed by atoms with van der Waals surface area (Å²) in [6.07, 6.45) is 6.77. The third kappa shape index (κ3) is 3.05. The van der Waals surface area contributed by atoms with Crippen molar-refractivity contribution in [1.82, 2.24) is 9.97 Å². The predicted molar refractivity (Wildman–Crippen MR) is 62.2 cm³/mol. The number of aromatic nitrogens is 2. The van der Waals surface area contributed by atoms with Gasteiger partial charge in [-0.1, -0.05) is 12.8 Å². The maximum Gasteiger partial charge on any atom is 0.232 e. The Hall–Kier alpha value is -0.350. The fraction of sp³-hybridized carbons (Fsp3) is 0.600. The molecule has 0 bridgehead atoms. The molecule has 15 heavy (non-hydrogen) atoms. The lowest BCUT2D eigenvalue weighted by atomic mass is 10.1. The summed E-state index contributed by atoms with van der Waals surface area (Å²) in [7, 11) is 0. The van der Waals surface area contributed by atoms with Crippen LogP contribution in [0.2, 0.25) is 5.28 Å². The fourth-order valence-corrected chi connectivity index (χ4v) is 2.24. The first-order chi connectivity index (χ1) is 7.25. The molecule has 0 spiro atoms. The topological polar surface area (TPSA) is 35.0 Å². The highest BCUT2D eigenvalue weighted by Gasteiger charge is 2.16. The van der Waals surface area contributed by atoms with Crippen LogP contribution in [0.4, 0.5) is 0 Å². The highest BCUT2D eigenvalue weighted by Crippen LogP contribution is 2.27. The first-order valence-electron chi connectivity index (χ1n) is 5.06. The predicted octanol–water partition coefficient (Wildman–Crippen LogP) is 3.46. The summed E-state index contributed by atoms with van der Waals surface area (Å²) in [5.41, 5.74) is 0. The van der Waals surface area contributed by atoms with E-state index in [9.17, 15) is 0 Å². The van der Waals surface area contributed by atoms with E-state index < -0.39 is 0 Å². The van der Waals surface area contributed by atoms with E-state index in [2.05, 4.69) is 25.9 Å². The van der Waals surface area contributed by atoms with Gasteiger partial charge in [0.05, 0.1) is 11.1 Å². The molecule has 1 heterocycles. The van der Waals surface area contributed by atoms with Crippen LogP contribution in [0.1, 0.15) is 25.7 Å². The van der Waals surface area contributed by atoms with Gasteiger partial charge in [-0.3, -0.25) is 0 Å². The van der Waals surface area contributed by atoms with Crippen LogP contribution in [0.3, 0.4) is 0 Å². The van der Waals surface area contributed by atoms with Crippen molar-refractivity contribution in [2.45, 2.75) is 25.7 Å². The van der Waals surface area contributed by atoms with Crippen LogP contribution in [-0.4, -0.2) is 16.6 Å². The summed E-state index contributed by atoms with van der Waals surface area (Å²) in [4.78, 5) is 7.87. The second kappa shape index (κ2) is 5.12. The molecule has 3 nitrogen and oxygen atoms in total. The molecule has 0 N–H and O–H groups in total. The second-order valence-corrected chi connectivity index (χ2v) is 4.95. The van der Waals surface area contributed by atoms with Crippen molar-refractivity contribution in [1.29, 1.82) is 0 Å². The van der Waals surface area contributed by atoms with Gasteiger partial charge < -0.3 is 4.74 Å². The smallest absolute Gasteiger partial charge is 0.232 e. The maximum atomic E-state index is 5.69. The third-order valence-electron chi connectivity index (χ3n) is 2.61. The molecule has 1 fully saturated rings. The van der Waals surface area contributed by atoms with Gasteiger partial charge in [0.2, 0.25) is 11.2 Å². The highest BCUT2D eigenvalue weighted by atomic mass is 79.9. The first kappa shape index (κ1) is 11.1. The quantitative estimate of drug-likeness (QED) is 0.800. The summed E-state index contributed by atoms with van der Waals surface area (Å²) < 4.78 is 6.37. The molecule has 0 amide bonds. The lowest BCUT2D eigenvalue weighted by molar-refractivity contribution is 0.241. The monoisotopic (exact) mass is 290 g/mol. The average Bonchev–Trinajstić information content (AvgIpc) is 2.72. The Labute approximate surface area is 102 Å². The summed E-state index contributed by atoms with van der Waals surface area (Å²) in [6, 6.07) is 0. The molecule has 2 rings (SSSR count). The van der Waals surface area contributed by atoms with Gasteiger partial charge in [-0.05, 0) is 46.3 Å². The molecule has 1 aromatic heterocycles. The van der Waals surface area contributed by atoms with E-state index in [0.717, 1.165) is 11.1 Å². The second-order valence-electron chi connectivity index (χ2n) is 3.75. The molecule has 0 aromatic carbocycles. The Balaban J connectivity index is 1.94. The van der Waals surface area contributed by atoms with E-state index in [0.29, 0.717) is 11.8 Å². The average molecular weight is 292 g/mol. The molecule has 0 unspecified atom stereocenters. The van der Waals surface area contributed by atoms with Crippen LogP contribution in [0.15, 0.2) is 10.7 Å². The molecule has 5 heteroatoms. The first-order valence-corrected chi connectivity index (χ1v) is 6.23. The molecule has 1 aliphatic carbocycles.